The molecule has 0 aliphatic carbocycles. The molecule has 120 valence electrons. The van der Waals surface area contributed by atoms with Gasteiger partial charge in [-0.1, -0.05) is 45.2 Å². The summed E-state index contributed by atoms with van der Waals surface area (Å²) in [4.78, 5) is 0. The summed E-state index contributed by atoms with van der Waals surface area (Å²) in [6.07, 6.45) is 3.33. The average molecular weight is 314 g/mol. The topological polar surface area (TPSA) is 30.5 Å². The molecule has 0 aliphatic heterocycles. The van der Waals surface area contributed by atoms with Gasteiger partial charge in [-0.2, -0.15) is 0 Å². The van der Waals surface area contributed by atoms with Crippen molar-refractivity contribution in [2.24, 2.45) is 5.92 Å². The van der Waals surface area contributed by atoms with Gasteiger partial charge in [0.05, 0.1) is 14.2 Å². The van der Waals surface area contributed by atoms with E-state index in [1.54, 1.807) is 14.2 Å². The number of methoxy groups -OCH3 is 2. The number of rotatable bonds is 9. The lowest BCUT2D eigenvalue weighted by Gasteiger charge is -2.29. The van der Waals surface area contributed by atoms with Crippen molar-refractivity contribution in [1.82, 2.24) is 5.32 Å². The van der Waals surface area contributed by atoms with Crippen molar-refractivity contribution < 1.29 is 9.47 Å². The van der Waals surface area contributed by atoms with Crippen molar-refractivity contribution in [1.29, 1.82) is 0 Å². The Kier molecular flexibility index (Phi) is 7.91. The summed E-state index contributed by atoms with van der Waals surface area (Å²) in [6.45, 7) is 7.61. The van der Waals surface area contributed by atoms with E-state index in [4.69, 9.17) is 21.1 Å². The van der Waals surface area contributed by atoms with Crippen LogP contribution in [-0.4, -0.2) is 20.8 Å². The summed E-state index contributed by atoms with van der Waals surface area (Å²) >= 11 is 6.41. The molecule has 0 bridgehead atoms. The lowest BCUT2D eigenvalue weighted by molar-refractivity contribution is 0.324. The zero-order valence-corrected chi connectivity index (χ0v) is 14.6. The van der Waals surface area contributed by atoms with Gasteiger partial charge in [0.15, 0.2) is 0 Å². The second-order valence-electron chi connectivity index (χ2n) is 5.21. The predicted octanol–water partition coefficient (Wildman–Crippen LogP) is 4.83. The van der Waals surface area contributed by atoms with Crippen LogP contribution in [0, 0.1) is 5.92 Å². The highest BCUT2D eigenvalue weighted by molar-refractivity contribution is 6.33. The maximum Gasteiger partial charge on any atom is 0.146 e. The smallest absolute Gasteiger partial charge is 0.146 e. The zero-order chi connectivity index (χ0) is 15.8. The van der Waals surface area contributed by atoms with Crippen molar-refractivity contribution >= 4 is 11.6 Å². The van der Waals surface area contributed by atoms with Crippen LogP contribution in [0.2, 0.25) is 5.02 Å². The molecule has 0 fully saturated rings. The Hall–Kier alpha value is -0.930. The Labute approximate surface area is 134 Å². The highest BCUT2D eigenvalue weighted by atomic mass is 35.5. The molecule has 3 nitrogen and oxygen atoms in total. The standard InChI is InChI=1S/C17H28ClNO2/c1-6-11-19-16(12(7-2)8-3)13-9-10-14(20-4)15(18)17(13)21-5/h9-10,12,16,19H,6-8,11H2,1-5H3. The molecule has 1 aromatic rings. The molecule has 0 radical (unpaired) electrons. The van der Waals surface area contributed by atoms with E-state index in [1.807, 2.05) is 6.07 Å². The van der Waals surface area contributed by atoms with E-state index >= 15 is 0 Å². The molecular formula is C17H28ClNO2. The fourth-order valence-electron chi connectivity index (χ4n) is 2.75. The van der Waals surface area contributed by atoms with E-state index in [-0.39, 0.29) is 6.04 Å². The Morgan fingerprint density at radius 3 is 2.24 bits per heavy atom. The summed E-state index contributed by atoms with van der Waals surface area (Å²) in [5.74, 6) is 1.92. The molecular weight excluding hydrogens is 286 g/mol. The minimum absolute atomic E-state index is 0.248. The molecule has 1 aromatic carbocycles. The van der Waals surface area contributed by atoms with Crippen molar-refractivity contribution in [3.05, 3.63) is 22.7 Å². The Morgan fingerprint density at radius 1 is 1.10 bits per heavy atom. The van der Waals surface area contributed by atoms with Crippen LogP contribution in [0.5, 0.6) is 11.5 Å². The molecule has 0 aliphatic rings. The quantitative estimate of drug-likeness (QED) is 0.708. The first kappa shape index (κ1) is 18.1. The van der Waals surface area contributed by atoms with Crippen LogP contribution in [0.25, 0.3) is 0 Å². The second kappa shape index (κ2) is 9.16. The van der Waals surface area contributed by atoms with Gasteiger partial charge in [-0.25, -0.2) is 0 Å². The van der Waals surface area contributed by atoms with Crippen molar-refractivity contribution in [2.75, 3.05) is 20.8 Å². The van der Waals surface area contributed by atoms with E-state index in [0.717, 1.165) is 37.1 Å². The first-order valence-electron chi connectivity index (χ1n) is 7.78. The predicted molar refractivity (Wildman–Crippen MR) is 89.7 cm³/mol. The van der Waals surface area contributed by atoms with Crippen molar-refractivity contribution in [3.63, 3.8) is 0 Å². The van der Waals surface area contributed by atoms with Crippen molar-refractivity contribution in [2.45, 2.75) is 46.1 Å². The molecule has 0 spiro atoms. The fraction of sp³-hybridized carbons (Fsp3) is 0.647. The molecule has 1 N–H and O–H groups in total. The molecule has 0 amide bonds. The summed E-state index contributed by atoms with van der Waals surface area (Å²) in [7, 11) is 3.28. The summed E-state index contributed by atoms with van der Waals surface area (Å²) in [5, 5.41) is 4.20. The lowest BCUT2D eigenvalue weighted by atomic mass is 9.88. The SMILES string of the molecule is CCCNC(c1ccc(OC)c(Cl)c1OC)C(CC)CC. The maximum absolute atomic E-state index is 6.41. The third-order valence-electron chi connectivity index (χ3n) is 3.99. The van der Waals surface area contributed by atoms with Crippen LogP contribution in [0.4, 0.5) is 0 Å². The molecule has 1 rings (SSSR count). The van der Waals surface area contributed by atoms with E-state index in [0.29, 0.717) is 16.7 Å². The van der Waals surface area contributed by atoms with Crippen molar-refractivity contribution in [3.8, 4) is 11.5 Å². The highest BCUT2D eigenvalue weighted by Gasteiger charge is 2.25. The first-order chi connectivity index (χ1) is 10.1. The number of hydrogen-bond donors (Lipinski definition) is 1. The third kappa shape index (κ3) is 4.27. The van der Waals surface area contributed by atoms with Gasteiger partial charge in [0.25, 0.3) is 0 Å². The van der Waals surface area contributed by atoms with Gasteiger partial charge in [-0.15, -0.1) is 0 Å². The highest BCUT2D eigenvalue weighted by Crippen LogP contribution is 2.42. The van der Waals surface area contributed by atoms with Crippen LogP contribution >= 0.6 is 11.6 Å². The molecule has 0 saturated heterocycles. The van der Waals surface area contributed by atoms with Gasteiger partial charge in [0.1, 0.15) is 16.5 Å². The van der Waals surface area contributed by atoms with E-state index in [9.17, 15) is 0 Å². The van der Waals surface area contributed by atoms with E-state index in [1.165, 1.54) is 0 Å². The van der Waals surface area contributed by atoms with Gasteiger partial charge in [0, 0.05) is 11.6 Å². The monoisotopic (exact) mass is 313 g/mol. The van der Waals surface area contributed by atoms with Gasteiger partial charge in [-0.3, -0.25) is 0 Å². The average Bonchev–Trinajstić information content (AvgIpc) is 2.51. The zero-order valence-electron chi connectivity index (χ0n) is 13.8. The van der Waals surface area contributed by atoms with Gasteiger partial charge in [0.2, 0.25) is 0 Å². The lowest BCUT2D eigenvalue weighted by Crippen LogP contribution is -2.29. The van der Waals surface area contributed by atoms with Gasteiger partial charge < -0.3 is 14.8 Å². The van der Waals surface area contributed by atoms with E-state index < -0.39 is 0 Å². The number of hydrogen-bond acceptors (Lipinski definition) is 3. The number of ether oxygens (including phenoxy) is 2. The molecule has 21 heavy (non-hydrogen) atoms. The van der Waals surface area contributed by atoms with E-state index in [2.05, 4.69) is 32.2 Å². The Morgan fingerprint density at radius 2 is 1.76 bits per heavy atom. The van der Waals surface area contributed by atoms with Crippen LogP contribution in [0.1, 0.15) is 51.6 Å². The first-order valence-corrected chi connectivity index (χ1v) is 8.15. The summed E-state index contributed by atoms with van der Waals surface area (Å²) < 4.78 is 10.9. The van der Waals surface area contributed by atoms with Gasteiger partial charge in [-0.05, 0) is 31.0 Å². The third-order valence-corrected chi connectivity index (χ3v) is 4.34. The normalized spacial score (nSPS) is 12.5. The minimum atomic E-state index is 0.248. The molecule has 1 unspecified atom stereocenters. The summed E-state index contributed by atoms with van der Waals surface area (Å²) in [5.41, 5.74) is 1.12. The van der Waals surface area contributed by atoms with Crippen LogP contribution in [0.3, 0.4) is 0 Å². The molecule has 0 saturated carbocycles. The Bertz CT molecular complexity index is 433. The maximum atomic E-state index is 6.41. The van der Waals surface area contributed by atoms with Crippen LogP contribution < -0.4 is 14.8 Å². The van der Waals surface area contributed by atoms with Gasteiger partial charge >= 0.3 is 0 Å². The molecule has 0 heterocycles. The number of halogens is 1. The molecule has 0 aromatic heterocycles. The number of nitrogens with one attached hydrogen (secondary N) is 1. The van der Waals surface area contributed by atoms with Crippen LogP contribution in [-0.2, 0) is 0 Å². The Balaban J connectivity index is 3.25. The van der Waals surface area contributed by atoms with Crippen LogP contribution in [0.15, 0.2) is 12.1 Å². The largest absolute Gasteiger partial charge is 0.495 e. The fourth-order valence-corrected chi connectivity index (χ4v) is 3.08. The minimum Gasteiger partial charge on any atom is -0.495 e. The second-order valence-corrected chi connectivity index (χ2v) is 5.59. The summed E-state index contributed by atoms with van der Waals surface area (Å²) in [6, 6.07) is 4.23. The molecule has 4 heteroatoms. The molecule has 1 atom stereocenters. The number of benzene rings is 1.